The Kier molecular flexibility index (Phi) is 3.38. The largest absolute Gasteiger partial charge is 0.476 e. The highest BCUT2D eigenvalue weighted by Gasteiger charge is 2.08. The molecule has 2 rings (SSSR count). The first-order valence-electron chi connectivity index (χ1n) is 4.77. The van der Waals surface area contributed by atoms with Crippen molar-refractivity contribution in [1.82, 2.24) is 29.8 Å². The van der Waals surface area contributed by atoms with Crippen molar-refractivity contribution in [1.29, 1.82) is 0 Å². The average Bonchev–Trinajstić information content (AvgIpc) is 2.89. The second kappa shape index (κ2) is 4.95. The summed E-state index contributed by atoms with van der Waals surface area (Å²) in [6, 6.07) is 0. The Balaban J connectivity index is 1.86. The predicted molar refractivity (Wildman–Crippen MR) is 58.7 cm³/mol. The fraction of sp³-hybridized carbons (Fsp3) is 0.375. The van der Waals surface area contributed by atoms with Crippen LogP contribution in [0.5, 0.6) is 0 Å². The van der Waals surface area contributed by atoms with Gasteiger partial charge in [-0.1, -0.05) is 17.0 Å². The van der Waals surface area contributed by atoms with Crippen molar-refractivity contribution in [2.75, 3.05) is 5.75 Å². The van der Waals surface area contributed by atoms with Gasteiger partial charge in [0.25, 0.3) is 0 Å². The molecule has 2 aromatic heterocycles. The summed E-state index contributed by atoms with van der Waals surface area (Å²) in [5.74, 6) is -0.355. The zero-order valence-corrected chi connectivity index (χ0v) is 9.83. The maximum absolute atomic E-state index is 10.6. The molecule has 0 aliphatic carbocycles. The molecule has 2 aromatic rings. The van der Waals surface area contributed by atoms with Crippen molar-refractivity contribution in [3.63, 3.8) is 0 Å². The molecule has 90 valence electrons. The van der Waals surface area contributed by atoms with E-state index in [4.69, 9.17) is 5.11 Å². The topological polar surface area (TPSA) is 98.7 Å². The minimum absolute atomic E-state index is 0.0475. The van der Waals surface area contributed by atoms with Gasteiger partial charge in [-0.2, -0.15) is 0 Å². The number of carbonyl (C=O) groups is 1. The highest BCUT2D eigenvalue weighted by molar-refractivity contribution is 7.99. The van der Waals surface area contributed by atoms with Crippen molar-refractivity contribution >= 4 is 17.7 Å². The number of aromatic carboxylic acids is 1. The molecule has 8 nitrogen and oxygen atoms in total. The molecule has 0 aliphatic heterocycles. The minimum Gasteiger partial charge on any atom is -0.476 e. The van der Waals surface area contributed by atoms with Crippen LogP contribution in [0.4, 0.5) is 0 Å². The van der Waals surface area contributed by atoms with Crippen molar-refractivity contribution < 1.29 is 9.90 Å². The van der Waals surface area contributed by atoms with Crippen LogP contribution >= 0.6 is 11.8 Å². The van der Waals surface area contributed by atoms with Crippen LogP contribution in [-0.4, -0.2) is 46.6 Å². The number of rotatable bonds is 5. The average molecular weight is 254 g/mol. The summed E-state index contributed by atoms with van der Waals surface area (Å²) in [6.45, 7) is 0.567. The predicted octanol–water partition coefficient (Wildman–Crippen LogP) is -0.103. The van der Waals surface area contributed by atoms with Crippen LogP contribution in [0.15, 0.2) is 17.7 Å². The van der Waals surface area contributed by atoms with Crippen LogP contribution in [0.3, 0.4) is 0 Å². The molecule has 0 unspecified atom stereocenters. The summed E-state index contributed by atoms with van der Waals surface area (Å²) < 4.78 is 3.31. The molecule has 0 saturated carbocycles. The number of aromatic nitrogens is 6. The Morgan fingerprint density at radius 1 is 1.53 bits per heavy atom. The number of nitrogens with zero attached hydrogens (tertiary/aromatic N) is 6. The number of hydrogen-bond donors (Lipinski definition) is 1. The van der Waals surface area contributed by atoms with Crippen LogP contribution in [0, 0.1) is 0 Å². The van der Waals surface area contributed by atoms with Crippen LogP contribution in [0.1, 0.15) is 10.5 Å². The molecule has 0 atom stereocenters. The monoisotopic (exact) mass is 254 g/mol. The fourth-order valence-electron chi connectivity index (χ4n) is 1.14. The maximum Gasteiger partial charge on any atom is 0.358 e. The van der Waals surface area contributed by atoms with Crippen LogP contribution < -0.4 is 0 Å². The standard InChI is InChI=1S/C8H10N6O2S/c1-13-5-9-11-8(13)17-3-2-14-4-6(7(15)16)10-12-14/h4-5H,2-3H2,1H3,(H,15,16). The lowest BCUT2D eigenvalue weighted by atomic mass is 10.5. The van der Waals surface area contributed by atoms with E-state index >= 15 is 0 Å². The quantitative estimate of drug-likeness (QED) is 0.743. The molecule has 0 bridgehead atoms. The van der Waals surface area contributed by atoms with Gasteiger partial charge in [-0.3, -0.25) is 4.68 Å². The molecular weight excluding hydrogens is 244 g/mol. The summed E-state index contributed by atoms with van der Waals surface area (Å²) in [4.78, 5) is 10.6. The lowest BCUT2D eigenvalue weighted by Crippen LogP contribution is -2.02. The smallest absolute Gasteiger partial charge is 0.358 e. The molecule has 2 heterocycles. The fourth-order valence-corrected chi connectivity index (χ4v) is 1.96. The highest BCUT2D eigenvalue weighted by atomic mass is 32.2. The van der Waals surface area contributed by atoms with Gasteiger partial charge in [0, 0.05) is 12.8 Å². The Hall–Kier alpha value is -1.90. The summed E-state index contributed by atoms with van der Waals surface area (Å²) in [6.07, 6.45) is 3.03. The number of hydrogen-bond acceptors (Lipinski definition) is 6. The molecule has 1 N–H and O–H groups in total. The van der Waals surface area contributed by atoms with Crippen LogP contribution in [0.2, 0.25) is 0 Å². The van der Waals surface area contributed by atoms with E-state index in [9.17, 15) is 4.79 Å². The molecule has 9 heteroatoms. The third kappa shape index (κ3) is 2.81. The van der Waals surface area contributed by atoms with Gasteiger partial charge in [0.15, 0.2) is 10.9 Å². The third-order valence-corrected chi connectivity index (χ3v) is 2.99. The van der Waals surface area contributed by atoms with Gasteiger partial charge in [-0.15, -0.1) is 15.3 Å². The van der Waals surface area contributed by atoms with E-state index in [1.165, 1.54) is 22.6 Å². The number of thioether (sulfide) groups is 1. The zero-order chi connectivity index (χ0) is 12.3. The van der Waals surface area contributed by atoms with Gasteiger partial charge in [0.1, 0.15) is 6.33 Å². The molecule has 0 spiro atoms. The summed E-state index contributed by atoms with van der Waals surface area (Å²) in [5, 5.41) is 24.4. The molecule has 0 saturated heterocycles. The first-order valence-corrected chi connectivity index (χ1v) is 5.75. The van der Waals surface area contributed by atoms with Crippen LogP contribution in [0.25, 0.3) is 0 Å². The highest BCUT2D eigenvalue weighted by Crippen LogP contribution is 2.13. The zero-order valence-electron chi connectivity index (χ0n) is 9.02. The number of carboxylic acids is 1. The van der Waals surface area contributed by atoms with Crippen molar-refractivity contribution in [2.45, 2.75) is 11.7 Å². The molecule has 17 heavy (non-hydrogen) atoms. The Labute approximate surface area is 101 Å². The molecular formula is C8H10N6O2S. The van der Waals surface area contributed by atoms with E-state index in [1.54, 1.807) is 6.33 Å². The van der Waals surface area contributed by atoms with E-state index in [0.29, 0.717) is 6.54 Å². The number of aryl methyl sites for hydroxylation is 2. The number of carboxylic acid groups (broad SMARTS) is 1. The normalized spacial score (nSPS) is 10.6. The van der Waals surface area contributed by atoms with Gasteiger partial charge in [-0.05, 0) is 0 Å². The second-order valence-electron chi connectivity index (χ2n) is 3.24. The Morgan fingerprint density at radius 2 is 2.35 bits per heavy atom. The van der Waals surface area contributed by atoms with Crippen molar-refractivity contribution in [3.8, 4) is 0 Å². The SMILES string of the molecule is Cn1cnnc1SCCn1cc(C(=O)O)nn1. The lowest BCUT2D eigenvalue weighted by Gasteiger charge is -1.99. The van der Waals surface area contributed by atoms with Crippen LogP contribution in [-0.2, 0) is 13.6 Å². The molecule has 0 radical (unpaired) electrons. The van der Waals surface area contributed by atoms with Gasteiger partial charge in [-0.25, -0.2) is 4.79 Å². The van der Waals surface area contributed by atoms with Crippen molar-refractivity contribution in [2.24, 2.45) is 7.05 Å². The van der Waals surface area contributed by atoms with Gasteiger partial charge < -0.3 is 9.67 Å². The molecule has 0 fully saturated rings. The van der Waals surface area contributed by atoms with Gasteiger partial charge in [0.05, 0.1) is 12.7 Å². The third-order valence-electron chi connectivity index (χ3n) is 1.98. The Morgan fingerprint density at radius 3 is 2.94 bits per heavy atom. The summed E-state index contributed by atoms with van der Waals surface area (Å²) in [5.41, 5.74) is -0.0475. The van der Waals surface area contributed by atoms with Gasteiger partial charge >= 0.3 is 5.97 Å². The molecule has 0 aromatic carbocycles. The Bertz CT molecular complexity index is 522. The van der Waals surface area contributed by atoms with E-state index in [2.05, 4.69) is 20.5 Å². The summed E-state index contributed by atoms with van der Waals surface area (Å²) in [7, 11) is 1.86. The van der Waals surface area contributed by atoms with E-state index in [0.717, 1.165) is 10.9 Å². The van der Waals surface area contributed by atoms with E-state index < -0.39 is 5.97 Å². The minimum atomic E-state index is -1.07. The first kappa shape index (κ1) is 11.6. The molecule has 0 aliphatic rings. The maximum atomic E-state index is 10.6. The van der Waals surface area contributed by atoms with Gasteiger partial charge in [0.2, 0.25) is 0 Å². The molecule has 0 amide bonds. The second-order valence-corrected chi connectivity index (χ2v) is 4.31. The lowest BCUT2D eigenvalue weighted by molar-refractivity contribution is 0.0690. The van der Waals surface area contributed by atoms with Crippen molar-refractivity contribution in [3.05, 3.63) is 18.2 Å². The van der Waals surface area contributed by atoms with E-state index in [-0.39, 0.29) is 5.69 Å². The van der Waals surface area contributed by atoms with E-state index in [1.807, 2.05) is 11.6 Å². The first-order chi connectivity index (χ1) is 8.16. The summed E-state index contributed by atoms with van der Waals surface area (Å²) >= 11 is 1.52.